The molecule has 2 aromatic heterocycles. The number of aromatic amines is 1. The summed E-state index contributed by atoms with van der Waals surface area (Å²) in [5.74, 6) is 0. The van der Waals surface area contributed by atoms with Gasteiger partial charge in [0.25, 0.3) is 5.56 Å². The quantitative estimate of drug-likeness (QED) is 0.559. The number of nitrogens with two attached hydrogens (primary N) is 1. The smallest absolute Gasteiger partial charge is 0.259 e. The van der Waals surface area contributed by atoms with Crippen LogP contribution in [0.15, 0.2) is 37.9 Å². The van der Waals surface area contributed by atoms with E-state index in [2.05, 4.69) is 15.0 Å². The highest BCUT2D eigenvalue weighted by Crippen LogP contribution is 2.27. The predicted molar refractivity (Wildman–Crippen MR) is 77.8 cm³/mol. The highest BCUT2D eigenvalue weighted by molar-refractivity contribution is 8.00. The number of aryl methyl sites for hydroxylation is 1. The van der Waals surface area contributed by atoms with Gasteiger partial charge in [0.1, 0.15) is 0 Å². The minimum absolute atomic E-state index is 0.187. The lowest BCUT2D eigenvalue weighted by molar-refractivity contribution is 0.971. The number of nitrogen functional groups attached to an aromatic ring is 1. The van der Waals surface area contributed by atoms with Crippen LogP contribution in [0, 0.1) is 6.92 Å². The van der Waals surface area contributed by atoms with Gasteiger partial charge >= 0.3 is 0 Å². The van der Waals surface area contributed by atoms with Crippen molar-refractivity contribution >= 4 is 39.7 Å². The zero-order valence-electron chi connectivity index (χ0n) is 10.0. The van der Waals surface area contributed by atoms with E-state index in [0.29, 0.717) is 21.7 Å². The number of anilines is 1. The number of aromatic nitrogens is 3. The molecule has 0 unspecified atom stereocenters. The molecule has 0 saturated carbocycles. The number of thiazole rings is 1. The zero-order chi connectivity index (χ0) is 13.4. The average Bonchev–Trinajstić information content (AvgIpc) is 2.76. The van der Waals surface area contributed by atoms with Crippen LogP contribution in [0.1, 0.15) is 5.69 Å². The molecule has 0 aliphatic heterocycles. The third kappa shape index (κ3) is 2.47. The van der Waals surface area contributed by atoms with Gasteiger partial charge in [-0.05, 0) is 36.9 Å². The first-order valence-corrected chi connectivity index (χ1v) is 7.21. The van der Waals surface area contributed by atoms with Crippen LogP contribution in [0.4, 0.5) is 5.69 Å². The van der Waals surface area contributed by atoms with Gasteiger partial charge in [0.15, 0.2) is 9.50 Å². The first-order chi connectivity index (χ1) is 9.11. The Kier molecular flexibility index (Phi) is 3.00. The Morgan fingerprint density at radius 2 is 2.21 bits per heavy atom. The summed E-state index contributed by atoms with van der Waals surface area (Å²) in [7, 11) is 0. The maximum absolute atomic E-state index is 12.0. The van der Waals surface area contributed by atoms with Gasteiger partial charge in [0.2, 0.25) is 0 Å². The second-order valence-corrected chi connectivity index (χ2v) is 6.10. The Balaban J connectivity index is 2.06. The number of nitrogens with zero attached hydrogens (tertiary/aromatic N) is 2. The van der Waals surface area contributed by atoms with Crippen molar-refractivity contribution in [1.29, 1.82) is 0 Å². The molecule has 0 aliphatic rings. The molecule has 5 nitrogen and oxygen atoms in total. The third-order valence-corrected chi connectivity index (χ3v) is 4.43. The first kappa shape index (κ1) is 12.2. The van der Waals surface area contributed by atoms with Crippen molar-refractivity contribution in [2.75, 3.05) is 5.73 Å². The van der Waals surface area contributed by atoms with Crippen molar-refractivity contribution in [3.8, 4) is 0 Å². The van der Waals surface area contributed by atoms with Crippen LogP contribution in [-0.4, -0.2) is 15.0 Å². The van der Waals surface area contributed by atoms with Crippen molar-refractivity contribution in [1.82, 2.24) is 15.0 Å². The average molecular weight is 290 g/mol. The molecule has 2 heterocycles. The fourth-order valence-corrected chi connectivity index (χ4v) is 3.38. The number of fused-ring (bicyclic) bond motifs is 1. The van der Waals surface area contributed by atoms with Gasteiger partial charge in [-0.25, -0.2) is 9.97 Å². The molecule has 19 heavy (non-hydrogen) atoms. The number of nitrogens with one attached hydrogen (secondary N) is 1. The zero-order valence-corrected chi connectivity index (χ0v) is 11.6. The molecule has 0 aliphatic carbocycles. The van der Waals surface area contributed by atoms with Gasteiger partial charge in [-0.2, -0.15) is 0 Å². The summed E-state index contributed by atoms with van der Waals surface area (Å²) in [6, 6.07) is 5.11. The van der Waals surface area contributed by atoms with Gasteiger partial charge in [0.05, 0.1) is 10.9 Å². The molecular formula is C12H10N4OS2. The maximum atomic E-state index is 12.0. The van der Waals surface area contributed by atoms with Gasteiger partial charge in [-0.3, -0.25) is 4.79 Å². The van der Waals surface area contributed by atoms with Gasteiger partial charge in [0, 0.05) is 16.8 Å². The molecule has 0 spiro atoms. The highest BCUT2D eigenvalue weighted by atomic mass is 32.2. The minimum Gasteiger partial charge on any atom is -0.399 e. The SMILES string of the molecule is Cc1csc(Sc2nc3ccc(N)cc3c(=O)[nH]2)n1. The molecule has 0 atom stereocenters. The van der Waals surface area contributed by atoms with E-state index in [1.165, 1.54) is 23.1 Å². The largest absolute Gasteiger partial charge is 0.399 e. The fraction of sp³-hybridized carbons (Fsp3) is 0.0833. The standard InChI is InChI=1S/C12H10N4OS2/c1-6-5-18-12(14-6)19-11-15-9-3-2-7(13)4-8(9)10(17)16-11/h2-5H,13H2,1H3,(H,15,16,17). The van der Waals surface area contributed by atoms with Crippen molar-refractivity contribution in [3.63, 3.8) is 0 Å². The number of benzene rings is 1. The number of H-pyrrole nitrogens is 1. The lowest BCUT2D eigenvalue weighted by Crippen LogP contribution is -2.09. The van der Waals surface area contributed by atoms with Crippen molar-refractivity contribution < 1.29 is 0 Å². The second-order valence-electron chi connectivity index (χ2n) is 4.00. The van der Waals surface area contributed by atoms with E-state index < -0.39 is 0 Å². The van der Waals surface area contributed by atoms with E-state index in [-0.39, 0.29) is 5.56 Å². The lowest BCUT2D eigenvalue weighted by atomic mass is 10.2. The van der Waals surface area contributed by atoms with Gasteiger partial charge in [-0.1, -0.05) is 0 Å². The number of hydrogen-bond donors (Lipinski definition) is 2. The van der Waals surface area contributed by atoms with Crippen LogP contribution in [0.25, 0.3) is 10.9 Å². The third-order valence-electron chi connectivity index (χ3n) is 2.49. The molecule has 96 valence electrons. The van der Waals surface area contributed by atoms with E-state index in [4.69, 9.17) is 5.73 Å². The summed E-state index contributed by atoms with van der Waals surface area (Å²) in [5.41, 5.74) is 7.62. The van der Waals surface area contributed by atoms with Gasteiger partial charge in [-0.15, -0.1) is 11.3 Å². The summed E-state index contributed by atoms with van der Waals surface area (Å²) in [5, 5.41) is 3.00. The van der Waals surface area contributed by atoms with Crippen molar-refractivity contribution in [2.24, 2.45) is 0 Å². The Bertz CT molecular complexity index is 809. The Morgan fingerprint density at radius 1 is 1.37 bits per heavy atom. The second kappa shape index (κ2) is 4.67. The molecule has 0 fully saturated rings. The number of hydrogen-bond acceptors (Lipinski definition) is 6. The normalized spacial score (nSPS) is 11.0. The predicted octanol–water partition coefficient (Wildman–Crippen LogP) is 2.42. The molecule has 0 amide bonds. The Morgan fingerprint density at radius 3 is 2.95 bits per heavy atom. The van der Waals surface area contributed by atoms with E-state index in [9.17, 15) is 4.79 Å². The van der Waals surface area contributed by atoms with Crippen LogP contribution in [0.3, 0.4) is 0 Å². The highest BCUT2D eigenvalue weighted by Gasteiger charge is 2.07. The topological polar surface area (TPSA) is 84.7 Å². The van der Waals surface area contributed by atoms with Crippen LogP contribution in [0.2, 0.25) is 0 Å². The van der Waals surface area contributed by atoms with E-state index in [1.54, 1.807) is 18.2 Å². The molecule has 3 rings (SSSR count). The molecule has 1 aromatic carbocycles. The van der Waals surface area contributed by atoms with Crippen LogP contribution in [-0.2, 0) is 0 Å². The molecule has 0 bridgehead atoms. The minimum atomic E-state index is -0.187. The van der Waals surface area contributed by atoms with E-state index in [1.807, 2.05) is 12.3 Å². The van der Waals surface area contributed by atoms with E-state index >= 15 is 0 Å². The summed E-state index contributed by atoms with van der Waals surface area (Å²) < 4.78 is 0.857. The van der Waals surface area contributed by atoms with Crippen molar-refractivity contribution in [3.05, 3.63) is 39.6 Å². The van der Waals surface area contributed by atoms with Crippen molar-refractivity contribution in [2.45, 2.75) is 16.4 Å². The lowest BCUT2D eigenvalue weighted by Gasteiger charge is -2.01. The van der Waals surface area contributed by atoms with Gasteiger partial charge < -0.3 is 10.7 Å². The van der Waals surface area contributed by atoms with E-state index in [0.717, 1.165) is 10.0 Å². The molecule has 0 radical (unpaired) electrons. The monoisotopic (exact) mass is 290 g/mol. The summed E-state index contributed by atoms with van der Waals surface area (Å²) in [4.78, 5) is 23.4. The molecular weight excluding hydrogens is 280 g/mol. The molecule has 3 aromatic rings. The summed E-state index contributed by atoms with van der Waals surface area (Å²) >= 11 is 2.88. The fourth-order valence-electron chi connectivity index (χ4n) is 1.65. The number of rotatable bonds is 2. The molecule has 7 heteroatoms. The molecule has 3 N–H and O–H groups in total. The van der Waals surface area contributed by atoms with Crippen LogP contribution < -0.4 is 11.3 Å². The summed E-state index contributed by atoms with van der Waals surface area (Å²) in [6.45, 7) is 1.93. The maximum Gasteiger partial charge on any atom is 0.259 e. The first-order valence-electron chi connectivity index (χ1n) is 5.51. The Labute approximate surface area is 116 Å². The summed E-state index contributed by atoms with van der Waals surface area (Å²) in [6.07, 6.45) is 0. The molecule has 0 saturated heterocycles. The Hall–Kier alpha value is -1.86. The van der Waals surface area contributed by atoms with Crippen LogP contribution in [0.5, 0.6) is 0 Å². The van der Waals surface area contributed by atoms with Crippen LogP contribution >= 0.6 is 23.1 Å².